The van der Waals surface area contributed by atoms with Crippen LogP contribution in [0.15, 0.2) is 42.5 Å². The average Bonchev–Trinajstić information content (AvgIpc) is 2.92. The highest BCUT2D eigenvalue weighted by atomic mass is 19.2. The van der Waals surface area contributed by atoms with Gasteiger partial charge in [0.05, 0.1) is 17.6 Å². The molecule has 0 aliphatic rings. The summed E-state index contributed by atoms with van der Waals surface area (Å²) in [5.41, 5.74) is 6.20. The van der Waals surface area contributed by atoms with E-state index in [1.165, 1.54) is 16.7 Å². The van der Waals surface area contributed by atoms with Gasteiger partial charge in [-0.05, 0) is 30.3 Å². The second-order valence-electron chi connectivity index (χ2n) is 6.08. The molecule has 0 aliphatic carbocycles. The Labute approximate surface area is 150 Å². The Bertz CT molecular complexity index is 1230. The van der Waals surface area contributed by atoms with E-state index in [0.29, 0.717) is 22.5 Å². The van der Waals surface area contributed by atoms with Crippen LogP contribution in [0.5, 0.6) is 0 Å². The maximum absolute atomic E-state index is 14.1. The molecule has 4 aromatic rings. The lowest BCUT2D eigenvalue weighted by atomic mass is 10.1. The van der Waals surface area contributed by atoms with Gasteiger partial charge in [0.25, 0.3) is 0 Å². The van der Waals surface area contributed by atoms with Gasteiger partial charge in [0.15, 0.2) is 11.6 Å². The Kier molecular flexibility index (Phi) is 3.87. The van der Waals surface area contributed by atoms with E-state index in [0.717, 1.165) is 12.1 Å². The fraction of sp³-hybridized carbons (Fsp3) is 0.0500. The molecule has 7 heteroatoms. The third kappa shape index (κ3) is 2.71. The lowest BCUT2D eigenvalue weighted by Gasteiger charge is -2.10. The third-order valence-corrected chi connectivity index (χ3v) is 4.42. The van der Waals surface area contributed by atoms with Crippen LogP contribution in [-0.4, -0.2) is 10.5 Å². The van der Waals surface area contributed by atoms with Crippen molar-refractivity contribution in [1.29, 1.82) is 0 Å². The Balaban J connectivity index is 2.06. The smallest absolute Gasteiger partial charge is 0.249 e. The molecule has 0 fully saturated rings. The number of nitrogens with zero attached hydrogens (tertiary/aromatic N) is 1. The number of hydrogen-bond donors (Lipinski definition) is 1. The normalized spacial score (nSPS) is 11.4. The first kappa shape index (κ1) is 17.1. The van der Waals surface area contributed by atoms with Crippen molar-refractivity contribution >= 4 is 27.7 Å². The van der Waals surface area contributed by atoms with E-state index < -0.39 is 29.2 Å². The Morgan fingerprint density at radius 1 is 1.04 bits per heavy atom. The fourth-order valence-electron chi connectivity index (χ4n) is 3.30. The number of fused-ring (bicyclic) bond motifs is 3. The SMILES string of the molecule is NC(=O)c1cccc2c1c1[c]c(F)ccc1n2Cc1cc(F)cc(F)c1F. The fourth-order valence-corrected chi connectivity index (χ4v) is 3.30. The van der Waals surface area contributed by atoms with E-state index >= 15 is 0 Å². The minimum absolute atomic E-state index is 0.143. The molecule has 3 nitrogen and oxygen atoms in total. The predicted molar refractivity (Wildman–Crippen MR) is 92.2 cm³/mol. The lowest BCUT2D eigenvalue weighted by molar-refractivity contribution is 0.100. The van der Waals surface area contributed by atoms with Crippen molar-refractivity contribution in [3.63, 3.8) is 0 Å². The zero-order valence-electron chi connectivity index (χ0n) is 13.7. The molecular weight excluding hydrogens is 360 g/mol. The number of carbonyl (C=O) groups excluding carboxylic acids is 1. The number of benzene rings is 3. The van der Waals surface area contributed by atoms with Crippen molar-refractivity contribution in [2.24, 2.45) is 5.73 Å². The summed E-state index contributed by atoms with van der Waals surface area (Å²) in [7, 11) is 0. The van der Waals surface area contributed by atoms with Gasteiger partial charge >= 0.3 is 0 Å². The Morgan fingerprint density at radius 2 is 1.81 bits per heavy atom. The first-order valence-electron chi connectivity index (χ1n) is 7.93. The summed E-state index contributed by atoms with van der Waals surface area (Å²) < 4.78 is 56.6. The van der Waals surface area contributed by atoms with Crippen LogP contribution in [0.1, 0.15) is 15.9 Å². The van der Waals surface area contributed by atoms with Crippen LogP contribution < -0.4 is 5.73 Å². The van der Waals surface area contributed by atoms with Crippen molar-refractivity contribution in [3.05, 3.63) is 82.9 Å². The van der Waals surface area contributed by atoms with Gasteiger partial charge in [0.1, 0.15) is 11.6 Å². The molecule has 0 spiro atoms. The van der Waals surface area contributed by atoms with E-state index in [-0.39, 0.29) is 23.1 Å². The van der Waals surface area contributed by atoms with Crippen molar-refractivity contribution < 1.29 is 22.4 Å². The monoisotopic (exact) mass is 371 g/mol. The lowest BCUT2D eigenvalue weighted by Crippen LogP contribution is -2.11. The second-order valence-corrected chi connectivity index (χ2v) is 6.08. The molecular formula is C20H11F4N2O. The largest absolute Gasteiger partial charge is 0.366 e. The van der Waals surface area contributed by atoms with E-state index in [4.69, 9.17) is 5.73 Å². The van der Waals surface area contributed by atoms with Gasteiger partial charge < -0.3 is 10.3 Å². The van der Waals surface area contributed by atoms with Crippen molar-refractivity contribution in [1.82, 2.24) is 4.57 Å². The summed E-state index contributed by atoms with van der Waals surface area (Å²) in [6, 6.07) is 11.1. The predicted octanol–water partition coefficient (Wildman–Crippen LogP) is 4.30. The zero-order valence-corrected chi connectivity index (χ0v) is 13.7. The van der Waals surface area contributed by atoms with Gasteiger partial charge in [-0.3, -0.25) is 4.79 Å². The Hall–Kier alpha value is -3.35. The molecule has 0 aliphatic heterocycles. The van der Waals surface area contributed by atoms with Gasteiger partial charge in [-0.2, -0.15) is 0 Å². The quantitative estimate of drug-likeness (QED) is 0.424. The standard InChI is InChI=1S/C20H11F4N2O/c21-11-4-5-16-14(7-11)18-13(20(25)27)2-1-3-17(18)26(16)9-10-6-12(22)8-15(23)19(10)24/h1-6,8H,9H2,(H2,25,27). The number of aromatic nitrogens is 1. The van der Waals surface area contributed by atoms with E-state index in [2.05, 4.69) is 6.07 Å². The van der Waals surface area contributed by atoms with Crippen LogP contribution in [0.2, 0.25) is 0 Å². The van der Waals surface area contributed by atoms with E-state index in [1.54, 1.807) is 12.1 Å². The summed E-state index contributed by atoms with van der Waals surface area (Å²) in [5, 5.41) is 0.619. The van der Waals surface area contributed by atoms with Crippen molar-refractivity contribution in [2.75, 3.05) is 0 Å². The molecule has 1 aromatic heterocycles. The number of amides is 1. The molecule has 0 saturated heterocycles. The Morgan fingerprint density at radius 3 is 2.56 bits per heavy atom. The molecule has 3 aromatic carbocycles. The van der Waals surface area contributed by atoms with Crippen LogP contribution in [0.25, 0.3) is 21.8 Å². The average molecular weight is 371 g/mol. The maximum atomic E-state index is 14.1. The first-order valence-corrected chi connectivity index (χ1v) is 7.93. The summed E-state index contributed by atoms with van der Waals surface area (Å²) >= 11 is 0. The van der Waals surface area contributed by atoms with Gasteiger partial charge in [0.2, 0.25) is 5.91 Å². The molecule has 1 heterocycles. The minimum atomic E-state index is -1.30. The van der Waals surface area contributed by atoms with E-state index in [9.17, 15) is 22.4 Å². The molecule has 0 bridgehead atoms. The van der Waals surface area contributed by atoms with Gasteiger partial charge in [0, 0.05) is 34.0 Å². The molecule has 0 saturated carbocycles. The van der Waals surface area contributed by atoms with Crippen molar-refractivity contribution in [3.8, 4) is 0 Å². The number of nitrogens with two attached hydrogens (primary N) is 1. The minimum Gasteiger partial charge on any atom is -0.366 e. The molecule has 1 amide bonds. The second kappa shape index (κ2) is 6.12. The molecule has 4 rings (SSSR count). The summed E-state index contributed by atoms with van der Waals surface area (Å²) in [4.78, 5) is 11.8. The third-order valence-electron chi connectivity index (χ3n) is 4.42. The maximum Gasteiger partial charge on any atom is 0.249 e. The highest BCUT2D eigenvalue weighted by Gasteiger charge is 2.19. The molecule has 0 unspecified atom stereocenters. The van der Waals surface area contributed by atoms with Crippen LogP contribution in [0.4, 0.5) is 17.6 Å². The van der Waals surface area contributed by atoms with E-state index in [1.807, 2.05) is 0 Å². The van der Waals surface area contributed by atoms with Gasteiger partial charge in [-0.1, -0.05) is 6.07 Å². The highest BCUT2D eigenvalue weighted by Crippen LogP contribution is 2.33. The topological polar surface area (TPSA) is 48.0 Å². The summed E-state index contributed by atoms with van der Waals surface area (Å²) in [6.07, 6.45) is 0. The van der Waals surface area contributed by atoms with Crippen LogP contribution in [0, 0.1) is 29.3 Å². The number of primary amides is 1. The first-order chi connectivity index (χ1) is 12.9. The summed E-state index contributed by atoms with van der Waals surface area (Å²) in [5.74, 6) is -4.77. The molecule has 27 heavy (non-hydrogen) atoms. The van der Waals surface area contributed by atoms with Crippen molar-refractivity contribution in [2.45, 2.75) is 6.54 Å². The number of halogens is 4. The molecule has 1 radical (unpaired) electrons. The van der Waals surface area contributed by atoms with Crippen LogP contribution in [0.3, 0.4) is 0 Å². The number of rotatable bonds is 3. The molecule has 135 valence electrons. The molecule has 0 atom stereocenters. The number of hydrogen-bond acceptors (Lipinski definition) is 1. The zero-order chi connectivity index (χ0) is 19.3. The van der Waals surface area contributed by atoms with Crippen LogP contribution in [-0.2, 0) is 6.54 Å². The summed E-state index contributed by atoms with van der Waals surface area (Å²) in [6.45, 7) is -0.234. The van der Waals surface area contributed by atoms with Crippen LogP contribution >= 0.6 is 0 Å². The van der Waals surface area contributed by atoms with Gasteiger partial charge in [-0.25, -0.2) is 17.6 Å². The number of carbonyl (C=O) groups is 1. The highest BCUT2D eigenvalue weighted by molar-refractivity contribution is 6.17. The van der Waals surface area contributed by atoms with Gasteiger partial charge in [-0.15, -0.1) is 0 Å². The molecule has 2 N–H and O–H groups in total.